The zero-order valence-corrected chi connectivity index (χ0v) is 20.1. The van der Waals surface area contributed by atoms with Gasteiger partial charge in [-0.15, -0.1) is 0 Å². The second-order valence-corrected chi connectivity index (χ2v) is 9.12. The van der Waals surface area contributed by atoms with Crippen LogP contribution in [0.1, 0.15) is 77.7 Å². The highest BCUT2D eigenvalue weighted by molar-refractivity contribution is 5.73. The largest absolute Gasteiger partial charge is 0.493 e. The number of carbonyl (C=O) groups is 1. The van der Waals surface area contributed by atoms with E-state index in [1.165, 1.54) is 12.8 Å². The Bertz CT molecular complexity index is 801. The highest BCUT2D eigenvalue weighted by atomic mass is 16.6. The van der Waals surface area contributed by atoms with Crippen LogP contribution >= 0.6 is 0 Å². The van der Waals surface area contributed by atoms with Gasteiger partial charge in [-0.25, -0.2) is 0 Å². The average molecular weight is 443 g/mol. The molecule has 6 nitrogen and oxygen atoms in total. The summed E-state index contributed by atoms with van der Waals surface area (Å²) in [6, 6.07) is 8.44. The highest BCUT2D eigenvalue weighted by Gasteiger charge is 2.40. The summed E-state index contributed by atoms with van der Waals surface area (Å²) in [5.74, 6) is 1.13. The number of carbonyl (C=O) groups excluding carboxylic acids is 1. The van der Waals surface area contributed by atoms with Gasteiger partial charge in [0.05, 0.1) is 30.6 Å². The summed E-state index contributed by atoms with van der Waals surface area (Å²) >= 11 is 0. The van der Waals surface area contributed by atoms with Gasteiger partial charge in [0.25, 0.3) is 0 Å². The molecule has 2 saturated carbocycles. The number of methoxy groups -OCH3 is 1. The number of esters is 1. The Morgan fingerprint density at radius 2 is 1.81 bits per heavy atom. The first kappa shape index (κ1) is 24.4. The van der Waals surface area contributed by atoms with Crippen LogP contribution in [0.2, 0.25) is 0 Å². The molecule has 1 unspecified atom stereocenters. The molecule has 0 aromatic heterocycles. The average Bonchev–Trinajstić information content (AvgIpc) is 3.33. The second kappa shape index (κ2) is 11.0. The van der Waals surface area contributed by atoms with Crippen molar-refractivity contribution in [1.82, 2.24) is 4.90 Å². The van der Waals surface area contributed by atoms with Gasteiger partial charge in [-0.2, -0.15) is 5.26 Å². The molecule has 0 aliphatic heterocycles. The molecule has 176 valence electrons. The van der Waals surface area contributed by atoms with Crippen molar-refractivity contribution in [3.63, 3.8) is 0 Å². The van der Waals surface area contributed by atoms with Gasteiger partial charge < -0.3 is 14.2 Å². The van der Waals surface area contributed by atoms with Gasteiger partial charge in [-0.3, -0.25) is 9.69 Å². The summed E-state index contributed by atoms with van der Waals surface area (Å²) in [4.78, 5) is 14.9. The number of hydrogen-bond donors (Lipinski definition) is 0. The summed E-state index contributed by atoms with van der Waals surface area (Å²) in [5, 5.41) is 10.2. The number of benzene rings is 1. The molecule has 2 fully saturated rings. The van der Waals surface area contributed by atoms with Crippen LogP contribution in [0.15, 0.2) is 18.2 Å². The lowest BCUT2D eigenvalue weighted by molar-refractivity contribution is -0.163. The van der Waals surface area contributed by atoms with E-state index in [2.05, 4.69) is 24.8 Å². The van der Waals surface area contributed by atoms with E-state index in [9.17, 15) is 10.1 Å². The van der Waals surface area contributed by atoms with Gasteiger partial charge in [0.2, 0.25) is 0 Å². The van der Waals surface area contributed by atoms with Crippen LogP contribution in [0, 0.1) is 17.2 Å². The number of ether oxygens (including phenoxy) is 3. The quantitative estimate of drug-likeness (QED) is 0.387. The van der Waals surface area contributed by atoms with Crippen LogP contribution in [-0.2, 0) is 14.9 Å². The lowest BCUT2D eigenvalue weighted by Gasteiger charge is -2.35. The zero-order chi connectivity index (χ0) is 23.1. The van der Waals surface area contributed by atoms with Crippen LogP contribution in [0.5, 0.6) is 11.5 Å². The zero-order valence-electron chi connectivity index (χ0n) is 20.1. The van der Waals surface area contributed by atoms with Gasteiger partial charge in [0.1, 0.15) is 0 Å². The molecule has 1 aromatic rings. The molecule has 0 bridgehead atoms. The molecule has 0 saturated heterocycles. The van der Waals surface area contributed by atoms with Gasteiger partial charge in [-0.05, 0) is 89.1 Å². The standard InChI is InChI=1S/C26H38N2O4/c1-5-28(6-2)19(3)31-25(29)20-13-15-26(18-27,16-14-20)21-11-12-23(30-4)24(17-21)32-22-9-7-8-10-22/h11-12,17,19-20,22H,5-10,13-16H2,1-4H3. The van der Waals surface area contributed by atoms with Crippen LogP contribution in [0.4, 0.5) is 0 Å². The minimum absolute atomic E-state index is 0.143. The van der Waals surface area contributed by atoms with E-state index >= 15 is 0 Å². The number of nitriles is 1. The summed E-state index contributed by atoms with van der Waals surface area (Å²) in [6.45, 7) is 7.74. The third-order valence-electron chi connectivity index (χ3n) is 7.31. The first-order valence-electron chi connectivity index (χ1n) is 12.2. The van der Waals surface area contributed by atoms with Crippen molar-refractivity contribution in [3.05, 3.63) is 23.8 Å². The van der Waals surface area contributed by atoms with E-state index in [1.807, 2.05) is 25.1 Å². The fourth-order valence-electron chi connectivity index (χ4n) is 5.14. The smallest absolute Gasteiger partial charge is 0.310 e. The normalized spacial score (nSPS) is 24.7. The van der Waals surface area contributed by atoms with Crippen molar-refractivity contribution in [2.75, 3.05) is 20.2 Å². The summed E-state index contributed by atoms with van der Waals surface area (Å²) in [6.07, 6.45) is 7.09. The Morgan fingerprint density at radius 1 is 1.16 bits per heavy atom. The van der Waals surface area contributed by atoms with E-state index in [-0.39, 0.29) is 24.2 Å². The third kappa shape index (κ3) is 5.38. The van der Waals surface area contributed by atoms with Gasteiger partial charge in [-0.1, -0.05) is 19.9 Å². The Hall–Kier alpha value is -2.26. The molecule has 3 rings (SSSR count). The molecule has 2 aliphatic carbocycles. The van der Waals surface area contributed by atoms with E-state index in [0.717, 1.165) is 37.2 Å². The predicted molar refractivity (Wildman–Crippen MR) is 124 cm³/mol. The van der Waals surface area contributed by atoms with Gasteiger partial charge in [0, 0.05) is 0 Å². The topological polar surface area (TPSA) is 71.8 Å². The molecule has 32 heavy (non-hydrogen) atoms. The summed E-state index contributed by atoms with van der Waals surface area (Å²) in [7, 11) is 1.65. The molecule has 1 aromatic carbocycles. The SMILES string of the molecule is CCN(CC)C(C)OC(=O)C1CCC(C#N)(c2ccc(OC)c(OC3CCCC3)c2)CC1. The Morgan fingerprint density at radius 3 is 2.38 bits per heavy atom. The highest BCUT2D eigenvalue weighted by Crippen LogP contribution is 2.44. The van der Waals surface area contributed by atoms with Crippen LogP contribution < -0.4 is 9.47 Å². The summed E-state index contributed by atoms with van der Waals surface area (Å²) < 4.78 is 17.5. The molecule has 0 amide bonds. The van der Waals surface area contributed by atoms with E-state index in [4.69, 9.17) is 14.2 Å². The number of hydrogen-bond acceptors (Lipinski definition) is 6. The first-order valence-corrected chi connectivity index (χ1v) is 12.2. The maximum atomic E-state index is 12.7. The monoisotopic (exact) mass is 442 g/mol. The first-order chi connectivity index (χ1) is 15.5. The summed E-state index contributed by atoms with van der Waals surface area (Å²) in [5.41, 5.74) is 0.346. The lowest BCUT2D eigenvalue weighted by Crippen LogP contribution is -2.39. The van der Waals surface area contributed by atoms with E-state index in [0.29, 0.717) is 31.4 Å². The molecule has 6 heteroatoms. The second-order valence-electron chi connectivity index (χ2n) is 9.12. The van der Waals surface area contributed by atoms with E-state index < -0.39 is 5.41 Å². The van der Waals surface area contributed by atoms with Crippen molar-refractivity contribution < 1.29 is 19.0 Å². The van der Waals surface area contributed by atoms with Crippen molar-refractivity contribution in [3.8, 4) is 17.6 Å². The number of rotatable bonds is 9. The van der Waals surface area contributed by atoms with Crippen LogP contribution in [-0.4, -0.2) is 43.4 Å². The van der Waals surface area contributed by atoms with Gasteiger partial charge in [0.15, 0.2) is 17.7 Å². The lowest BCUT2D eigenvalue weighted by atomic mass is 9.67. The van der Waals surface area contributed by atoms with Crippen LogP contribution in [0.25, 0.3) is 0 Å². The van der Waals surface area contributed by atoms with E-state index in [1.54, 1.807) is 7.11 Å². The van der Waals surface area contributed by atoms with Crippen LogP contribution in [0.3, 0.4) is 0 Å². The van der Waals surface area contributed by atoms with Crippen molar-refractivity contribution in [2.24, 2.45) is 5.92 Å². The van der Waals surface area contributed by atoms with Gasteiger partial charge >= 0.3 is 5.97 Å². The maximum Gasteiger partial charge on any atom is 0.310 e. The molecule has 0 spiro atoms. The fourth-order valence-corrected chi connectivity index (χ4v) is 5.14. The van der Waals surface area contributed by atoms with Crippen molar-refractivity contribution >= 4 is 5.97 Å². The van der Waals surface area contributed by atoms with Crippen molar-refractivity contribution in [1.29, 1.82) is 5.26 Å². The third-order valence-corrected chi connectivity index (χ3v) is 7.31. The fraction of sp³-hybridized carbons (Fsp3) is 0.692. The minimum Gasteiger partial charge on any atom is -0.493 e. The Kier molecular flexibility index (Phi) is 8.42. The minimum atomic E-state index is -0.610. The molecule has 2 aliphatic rings. The Labute approximate surface area is 192 Å². The number of nitrogens with zero attached hydrogens (tertiary/aromatic N) is 2. The molecular weight excluding hydrogens is 404 g/mol. The maximum absolute atomic E-state index is 12.7. The van der Waals surface area contributed by atoms with Crippen molar-refractivity contribution in [2.45, 2.75) is 89.9 Å². The molecule has 0 heterocycles. The molecular formula is C26H38N2O4. The molecule has 0 radical (unpaired) electrons. The molecule has 1 atom stereocenters. The molecule has 0 N–H and O–H groups in total. The predicted octanol–water partition coefficient (Wildman–Crippen LogP) is 5.20. The Balaban J connectivity index is 1.69.